The molecule has 29 heavy (non-hydrogen) atoms. The minimum Gasteiger partial charge on any atom is -0.455 e. The van der Waals surface area contributed by atoms with Crippen LogP contribution in [-0.4, -0.2) is 41.9 Å². The van der Waals surface area contributed by atoms with Crippen molar-refractivity contribution in [3.63, 3.8) is 0 Å². The van der Waals surface area contributed by atoms with Crippen LogP contribution in [0.4, 0.5) is 5.69 Å². The van der Waals surface area contributed by atoms with Gasteiger partial charge in [0.2, 0.25) is 0 Å². The van der Waals surface area contributed by atoms with Crippen LogP contribution in [0.15, 0.2) is 42.2 Å². The van der Waals surface area contributed by atoms with E-state index in [1.807, 2.05) is 13.0 Å². The van der Waals surface area contributed by atoms with Crippen molar-refractivity contribution in [1.29, 1.82) is 0 Å². The number of ether oxygens (including phenoxy) is 2. The number of quaternary nitrogens is 1. The Bertz CT molecular complexity index is 887. The first-order valence-corrected chi connectivity index (χ1v) is 10.4. The molecule has 7 nitrogen and oxygen atoms in total. The van der Waals surface area contributed by atoms with Crippen LogP contribution in [0.2, 0.25) is 0 Å². The Morgan fingerprint density at radius 1 is 1.28 bits per heavy atom. The molecule has 0 spiro atoms. The first-order valence-electron chi connectivity index (χ1n) is 10.4. The van der Waals surface area contributed by atoms with Crippen molar-refractivity contribution in [2.75, 3.05) is 26.3 Å². The van der Waals surface area contributed by atoms with Gasteiger partial charge in [-0.05, 0) is 49.7 Å². The molecule has 0 amide bonds. The van der Waals surface area contributed by atoms with Gasteiger partial charge >= 0.3 is 0 Å². The third-order valence-electron chi connectivity index (χ3n) is 7.03. The van der Waals surface area contributed by atoms with E-state index in [0.717, 1.165) is 31.5 Å². The van der Waals surface area contributed by atoms with Gasteiger partial charge in [-0.1, -0.05) is 12.2 Å². The van der Waals surface area contributed by atoms with Crippen molar-refractivity contribution in [3.8, 4) is 5.75 Å². The Labute approximate surface area is 169 Å². The number of benzene rings is 1. The average Bonchev–Trinajstić information content (AvgIpc) is 3.41. The quantitative estimate of drug-likeness (QED) is 0.458. The summed E-state index contributed by atoms with van der Waals surface area (Å²) < 4.78 is 11.7. The number of hydrogen-bond donors (Lipinski definition) is 2. The van der Waals surface area contributed by atoms with E-state index in [9.17, 15) is 15.2 Å². The summed E-state index contributed by atoms with van der Waals surface area (Å²) in [4.78, 5) is 12.2. The second kappa shape index (κ2) is 6.93. The fourth-order valence-electron chi connectivity index (χ4n) is 5.61. The number of allylic oxidation sites excluding steroid dienone is 2. The van der Waals surface area contributed by atoms with E-state index in [0.29, 0.717) is 36.6 Å². The van der Waals surface area contributed by atoms with E-state index in [2.05, 4.69) is 12.2 Å². The molecule has 1 saturated carbocycles. The fourth-order valence-corrected chi connectivity index (χ4v) is 5.61. The van der Waals surface area contributed by atoms with Crippen LogP contribution in [0.25, 0.3) is 0 Å². The van der Waals surface area contributed by atoms with Gasteiger partial charge in [0, 0.05) is 12.1 Å². The molecule has 2 fully saturated rings. The van der Waals surface area contributed by atoms with Gasteiger partial charge in [-0.3, -0.25) is 10.1 Å². The molecule has 1 aromatic rings. The van der Waals surface area contributed by atoms with Crippen molar-refractivity contribution < 1.29 is 24.4 Å². The van der Waals surface area contributed by atoms with Crippen LogP contribution in [0.5, 0.6) is 5.75 Å². The van der Waals surface area contributed by atoms with E-state index in [1.54, 1.807) is 12.1 Å². The van der Waals surface area contributed by atoms with Crippen molar-refractivity contribution in [2.24, 2.45) is 17.8 Å². The third-order valence-corrected chi connectivity index (χ3v) is 7.03. The number of fused-ring (bicyclic) bond motifs is 3. The molecule has 2 bridgehead atoms. The normalized spacial score (nSPS) is 34.2. The summed E-state index contributed by atoms with van der Waals surface area (Å²) in [7, 11) is 0. The maximum absolute atomic E-state index is 11.4. The molecule has 0 radical (unpaired) electrons. The predicted octanol–water partition coefficient (Wildman–Crippen LogP) is 1.79. The lowest BCUT2D eigenvalue weighted by Gasteiger charge is -2.33. The van der Waals surface area contributed by atoms with Crippen molar-refractivity contribution >= 4 is 5.69 Å². The van der Waals surface area contributed by atoms with Gasteiger partial charge in [0.1, 0.15) is 18.8 Å². The summed E-state index contributed by atoms with van der Waals surface area (Å²) >= 11 is 0. The number of nitro benzene ring substituents is 1. The molecule has 0 aromatic heterocycles. The Morgan fingerprint density at radius 2 is 2.07 bits per heavy atom. The second-order valence-corrected chi connectivity index (χ2v) is 8.94. The van der Waals surface area contributed by atoms with Crippen LogP contribution < -0.4 is 9.64 Å². The largest absolute Gasteiger partial charge is 0.455 e. The molecular weight excluding hydrogens is 372 g/mol. The van der Waals surface area contributed by atoms with Crippen molar-refractivity contribution in [3.05, 3.63) is 57.9 Å². The van der Waals surface area contributed by atoms with Crippen LogP contribution in [0.1, 0.15) is 31.4 Å². The SMILES string of the molecule is C[C@](O)(/C=C1\Oc2ccc([N+](=O)[O-])cc2[C@H]1[NH+]1CCOCC1)[C@H]1C[C@@H]2C=C[C@@H]1C2. The van der Waals surface area contributed by atoms with Crippen LogP contribution in [0, 0.1) is 27.9 Å². The highest BCUT2D eigenvalue weighted by Gasteiger charge is 2.47. The van der Waals surface area contributed by atoms with Gasteiger partial charge < -0.3 is 19.5 Å². The Hall–Kier alpha value is -2.22. The molecule has 2 aliphatic heterocycles. The molecule has 2 N–H and O–H groups in total. The highest BCUT2D eigenvalue weighted by atomic mass is 16.6. The molecule has 1 saturated heterocycles. The number of morpholine rings is 1. The van der Waals surface area contributed by atoms with Gasteiger partial charge in [-0.15, -0.1) is 0 Å². The van der Waals surface area contributed by atoms with Crippen molar-refractivity contribution in [2.45, 2.75) is 31.4 Å². The molecule has 2 heterocycles. The number of non-ortho nitro benzene ring substituents is 1. The van der Waals surface area contributed by atoms with Gasteiger partial charge in [0.25, 0.3) is 5.69 Å². The highest BCUT2D eigenvalue weighted by molar-refractivity contribution is 5.51. The molecule has 5 rings (SSSR count). The van der Waals surface area contributed by atoms with Gasteiger partial charge in [-0.2, -0.15) is 0 Å². The number of aliphatic hydroxyl groups is 1. The zero-order valence-corrected chi connectivity index (χ0v) is 16.5. The van der Waals surface area contributed by atoms with E-state index in [1.165, 1.54) is 11.0 Å². The smallest absolute Gasteiger partial charge is 0.270 e. The maximum atomic E-state index is 11.4. The molecule has 4 aliphatic rings. The lowest BCUT2D eigenvalue weighted by molar-refractivity contribution is -0.933. The fraction of sp³-hybridized carbons (Fsp3) is 0.545. The maximum Gasteiger partial charge on any atom is 0.270 e. The number of nitrogens with one attached hydrogen (secondary N) is 1. The zero-order valence-electron chi connectivity index (χ0n) is 16.5. The van der Waals surface area contributed by atoms with Crippen molar-refractivity contribution in [1.82, 2.24) is 0 Å². The summed E-state index contributed by atoms with van der Waals surface area (Å²) in [6.07, 6.45) is 8.50. The van der Waals surface area contributed by atoms with Gasteiger partial charge in [0.15, 0.2) is 11.8 Å². The van der Waals surface area contributed by atoms with Crippen LogP contribution in [-0.2, 0) is 4.74 Å². The topological polar surface area (TPSA) is 86.3 Å². The molecule has 1 aromatic carbocycles. The molecule has 154 valence electrons. The first-order chi connectivity index (χ1) is 13.9. The van der Waals surface area contributed by atoms with Crippen LogP contribution in [0.3, 0.4) is 0 Å². The van der Waals surface area contributed by atoms with E-state index in [-0.39, 0.29) is 22.6 Å². The van der Waals surface area contributed by atoms with Crippen LogP contribution >= 0.6 is 0 Å². The number of nitrogens with zero attached hydrogens (tertiary/aromatic N) is 1. The highest BCUT2D eigenvalue weighted by Crippen LogP contribution is 2.49. The summed E-state index contributed by atoms with van der Waals surface area (Å²) in [6, 6.07) is 4.62. The van der Waals surface area contributed by atoms with E-state index in [4.69, 9.17) is 9.47 Å². The molecule has 7 heteroatoms. The lowest BCUT2D eigenvalue weighted by atomic mass is 9.79. The minimum atomic E-state index is -0.989. The number of hydrogen-bond acceptors (Lipinski definition) is 5. The second-order valence-electron chi connectivity index (χ2n) is 8.94. The van der Waals surface area contributed by atoms with Gasteiger partial charge in [-0.25, -0.2) is 0 Å². The monoisotopic (exact) mass is 399 g/mol. The predicted molar refractivity (Wildman–Crippen MR) is 106 cm³/mol. The number of rotatable bonds is 4. The average molecular weight is 399 g/mol. The standard InChI is InChI=1S/C22H26N2O5/c1-22(25,18-11-14-2-3-15(18)10-14)13-20-21(23-6-8-28-9-7-23)17-12-16(24(26)27)4-5-19(17)29-20/h2-5,12-15,18,21,25H,6-11H2,1H3/p+1/b20-13-/t14-,15-,18+,21-,22+/m1/s1. The lowest BCUT2D eigenvalue weighted by Crippen LogP contribution is -3.14. The molecule has 0 unspecified atom stereocenters. The third kappa shape index (κ3) is 3.27. The van der Waals surface area contributed by atoms with Gasteiger partial charge in [0.05, 0.1) is 29.3 Å². The Balaban J connectivity index is 1.51. The Morgan fingerprint density at radius 3 is 2.72 bits per heavy atom. The first kappa shape index (κ1) is 18.8. The summed E-state index contributed by atoms with van der Waals surface area (Å²) in [5.74, 6) is 2.50. The minimum absolute atomic E-state index is 0.0660. The van der Waals surface area contributed by atoms with E-state index < -0.39 is 5.60 Å². The molecule has 5 atom stereocenters. The Kier molecular flexibility index (Phi) is 4.49. The zero-order chi connectivity index (χ0) is 20.2. The summed E-state index contributed by atoms with van der Waals surface area (Å²) in [6.45, 7) is 4.77. The summed E-state index contributed by atoms with van der Waals surface area (Å²) in [5.41, 5.74) is -0.0977. The summed E-state index contributed by atoms with van der Waals surface area (Å²) in [5, 5.41) is 22.7. The molecular formula is C22H27N2O5+. The van der Waals surface area contributed by atoms with E-state index >= 15 is 0 Å². The number of nitro groups is 1. The molecule has 2 aliphatic carbocycles.